The van der Waals surface area contributed by atoms with Crippen molar-refractivity contribution >= 4 is 23.3 Å². The van der Waals surface area contributed by atoms with Gasteiger partial charge in [0.2, 0.25) is 0 Å². The van der Waals surface area contributed by atoms with E-state index in [9.17, 15) is 25.1 Å². The highest BCUT2D eigenvalue weighted by atomic mass is 35.5. The van der Waals surface area contributed by atoms with Gasteiger partial charge >= 0.3 is 11.7 Å². The van der Waals surface area contributed by atoms with Gasteiger partial charge in [-0.2, -0.15) is 0 Å². The molecule has 9 heteroatoms. The van der Waals surface area contributed by atoms with Crippen LogP contribution < -0.4 is 0 Å². The Morgan fingerprint density at radius 2 is 2.21 bits per heavy atom. The summed E-state index contributed by atoms with van der Waals surface area (Å²) in [6.07, 6.45) is -1.56. The lowest BCUT2D eigenvalue weighted by molar-refractivity contribution is -0.385. The van der Waals surface area contributed by atoms with Gasteiger partial charge in [0.05, 0.1) is 24.6 Å². The molecule has 0 aliphatic carbocycles. The number of hydrogen-bond acceptors (Lipinski definition) is 7. The largest absolute Gasteiger partial charge is 0.469 e. The van der Waals surface area contributed by atoms with Crippen LogP contribution in [0.4, 0.5) is 5.69 Å². The van der Waals surface area contributed by atoms with Gasteiger partial charge in [0.25, 0.3) is 0 Å². The Bertz CT molecular complexity index is 495. The van der Waals surface area contributed by atoms with Gasteiger partial charge in [0.1, 0.15) is 17.3 Å². The molecule has 1 heterocycles. The van der Waals surface area contributed by atoms with Crippen LogP contribution in [0.25, 0.3) is 0 Å². The molecule has 8 nitrogen and oxygen atoms in total. The number of halogens is 1. The van der Waals surface area contributed by atoms with Crippen LogP contribution in [0.1, 0.15) is 18.1 Å². The molecular formula is C10H11ClN2O6. The summed E-state index contributed by atoms with van der Waals surface area (Å²) in [7, 11) is 1.13. The van der Waals surface area contributed by atoms with E-state index in [0.717, 1.165) is 19.5 Å². The quantitative estimate of drug-likeness (QED) is 0.462. The first kappa shape index (κ1) is 15.3. The van der Waals surface area contributed by atoms with E-state index in [1.807, 2.05) is 0 Å². The zero-order valence-corrected chi connectivity index (χ0v) is 10.6. The zero-order chi connectivity index (χ0) is 14.6. The Morgan fingerprint density at radius 1 is 1.58 bits per heavy atom. The van der Waals surface area contributed by atoms with Crippen molar-refractivity contribution in [2.45, 2.75) is 18.6 Å². The molecule has 2 N–H and O–H groups in total. The summed E-state index contributed by atoms with van der Waals surface area (Å²) in [6.45, 7) is 0. The zero-order valence-electron chi connectivity index (χ0n) is 9.82. The number of carbonyl (C=O) groups excluding carboxylic acids is 1. The maximum Gasteiger partial charge on any atom is 0.308 e. The number of esters is 1. The summed E-state index contributed by atoms with van der Waals surface area (Å²) >= 11 is 5.74. The van der Waals surface area contributed by atoms with E-state index in [1.54, 1.807) is 0 Å². The average Bonchev–Trinajstić information content (AvgIpc) is 2.37. The minimum atomic E-state index is -1.58. The molecule has 0 aromatic carbocycles. The highest BCUT2D eigenvalue weighted by Gasteiger charge is 2.27. The fourth-order valence-corrected chi connectivity index (χ4v) is 1.63. The van der Waals surface area contributed by atoms with Gasteiger partial charge in [-0.1, -0.05) is 11.6 Å². The molecule has 0 saturated heterocycles. The van der Waals surface area contributed by atoms with Gasteiger partial charge in [-0.05, 0) is 0 Å². The molecule has 104 valence electrons. The van der Waals surface area contributed by atoms with Crippen LogP contribution in [0.3, 0.4) is 0 Å². The predicted octanol–water partition coefficient (Wildman–Crippen LogP) is 0.601. The van der Waals surface area contributed by atoms with Crippen molar-refractivity contribution in [2.24, 2.45) is 0 Å². The lowest BCUT2D eigenvalue weighted by Gasteiger charge is -2.17. The Kier molecular flexibility index (Phi) is 5.16. The van der Waals surface area contributed by atoms with Crippen LogP contribution >= 0.6 is 11.6 Å². The first-order valence-electron chi connectivity index (χ1n) is 5.09. The first-order chi connectivity index (χ1) is 8.88. The number of ether oxygens (including phenoxy) is 1. The molecule has 0 radical (unpaired) electrons. The van der Waals surface area contributed by atoms with Crippen LogP contribution in [-0.2, 0) is 9.53 Å². The Balaban J connectivity index is 2.99. The van der Waals surface area contributed by atoms with Crippen molar-refractivity contribution in [2.75, 3.05) is 7.11 Å². The van der Waals surface area contributed by atoms with Crippen molar-refractivity contribution < 1.29 is 24.7 Å². The highest BCUT2D eigenvalue weighted by Crippen LogP contribution is 2.32. The number of aromatic nitrogens is 1. The number of methoxy groups -OCH3 is 1. The molecule has 0 amide bonds. The van der Waals surface area contributed by atoms with Crippen molar-refractivity contribution in [3.8, 4) is 0 Å². The topological polar surface area (TPSA) is 123 Å². The monoisotopic (exact) mass is 290 g/mol. The smallest absolute Gasteiger partial charge is 0.308 e. The fraction of sp³-hybridized carbons (Fsp3) is 0.400. The van der Waals surface area contributed by atoms with Crippen molar-refractivity contribution in [3.05, 3.63) is 33.1 Å². The van der Waals surface area contributed by atoms with Crippen molar-refractivity contribution in [3.63, 3.8) is 0 Å². The van der Waals surface area contributed by atoms with Gasteiger partial charge in [0.15, 0.2) is 0 Å². The fourth-order valence-electron chi connectivity index (χ4n) is 1.36. The number of aliphatic hydroxyl groups excluding tert-OH is 2. The second-order valence-electron chi connectivity index (χ2n) is 3.61. The molecule has 2 atom stereocenters. The molecule has 0 bridgehead atoms. The molecule has 1 aromatic rings. The van der Waals surface area contributed by atoms with E-state index in [1.165, 1.54) is 0 Å². The van der Waals surface area contributed by atoms with Gasteiger partial charge in [-0.15, -0.1) is 0 Å². The summed E-state index contributed by atoms with van der Waals surface area (Å²) in [4.78, 5) is 24.4. The third kappa shape index (κ3) is 3.60. The van der Waals surface area contributed by atoms with Crippen LogP contribution in [0.15, 0.2) is 12.4 Å². The number of aliphatic hydroxyl groups is 2. The number of pyridine rings is 1. The summed E-state index contributed by atoms with van der Waals surface area (Å²) in [5, 5.41) is 29.8. The summed E-state index contributed by atoms with van der Waals surface area (Å²) in [6, 6.07) is 0. The normalized spacial score (nSPS) is 13.7. The molecule has 1 rings (SSSR count). The standard InChI is InChI=1S/C10H11ClN2O6/c1-19-8(15)2-7(14)10(16)5-3-12-4-6(9(5)11)13(17)18/h3-4,7,10,14,16H,2H2,1H3. The third-order valence-corrected chi connectivity index (χ3v) is 2.78. The third-order valence-electron chi connectivity index (χ3n) is 2.37. The number of nitro groups is 1. The maximum atomic E-state index is 11.0. The summed E-state index contributed by atoms with van der Waals surface area (Å²) in [5.74, 6) is -0.735. The van der Waals surface area contributed by atoms with E-state index >= 15 is 0 Å². The minimum absolute atomic E-state index is 0.132. The molecule has 0 aliphatic rings. The summed E-state index contributed by atoms with van der Waals surface area (Å²) < 4.78 is 4.33. The van der Waals surface area contributed by atoms with Gasteiger partial charge < -0.3 is 14.9 Å². The highest BCUT2D eigenvalue weighted by molar-refractivity contribution is 6.33. The number of carbonyl (C=O) groups is 1. The molecule has 0 saturated carbocycles. The van der Waals surface area contributed by atoms with Crippen LogP contribution in [0, 0.1) is 10.1 Å². The molecular weight excluding hydrogens is 280 g/mol. The summed E-state index contributed by atoms with van der Waals surface area (Å²) in [5.41, 5.74) is -0.629. The Morgan fingerprint density at radius 3 is 2.74 bits per heavy atom. The molecule has 0 spiro atoms. The van der Waals surface area contributed by atoms with E-state index in [-0.39, 0.29) is 10.6 Å². The van der Waals surface area contributed by atoms with E-state index in [4.69, 9.17) is 11.6 Å². The Labute approximate surface area is 112 Å². The van der Waals surface area contributed by atoms with Gasteiger partial charge in [-0.3, -0.25) is 19.9 Å². The number of rotatable bonds is 5. The average molecular weight is 291 g/mol. The lowest BCUT2D eigenvalue weighted by Crippen LogP contribution is -2.23. The molecule has 2 unspecified atom stereocenters. The van der Waals surface area contributed by atoms with Crippen LogP contribution in [0.5, 0.6) is 0 Å². The van der Waals surface area contributed by atoms with Gasteiger partial charge in [-0.25, -0.2) is 0 Å². The minimum Gasteiger partial charge on any atom is -0.469 e. The van der Waals surface area contributed by atoms with Crippen molar-refractivity contribution in [1.29, 1.82) is 0 Å². The maximum absolute atomic E-state index is 11.0. The predicted molar refractivity (Wildman–Crippen MR) is 63.5 cm³/mol. The second-order valence-corrected chi connectivity index (χ2v) is 3.99. The van der Waals surface area contributed by atoms with Crippen LogP contribution in [0.2, 0.25) is 5.02 Å². The molecule has 0 fully saturated rings. The number of nitrogens with zero attached hydrogens (tertiary/aromatic N) is 2. The number of hydrogen-bond donors (Lipinski definition) is 2. The molecule has 19 heavy (non-hydrogen) atoms. The first-order valence-corrected chi connectivity index (χ1v) is 5.47. The SMILES string of the molecule is COC(=O)CC(O)C(O)c1cncc([N+](=O)[O-])c1Cl. The van der Waals surface area contributed by atoms with E-state index < -0.39 is 35.2 Å². The lowest BCUT2D eigenvalue weighted by atomic mass is 10.0. The van der Waals surface area contributed by atoms with Gasteiger partial charge in [0, 0.05) is 11.8 Å². The molecule has 1 aromatic heterocycles. The molecule has 0 aliphatic heterocycles. The Hall–Kier alpha value is -1.77. The van der Waals surface area contributed by atoms with E-state index in [2.05, 4.69) is 9.72 Å². The van der Waals surface area contributed by atoms with E-state index in [0.29, 0.717) is 0 Å². The van der Waals surface area contributed by atoms with Crippen molar-refractivity contribution in [1.82, 2.24) is 4.98 Å². The van der Waals surface area contributed by atoms with Crippen LogP contribution in [-0.4, -0.2) is 39.3 Å². The second kappa shape index (κ2) is 6.41.